The van der Waals surface area contributed by atoms with E-state index in [9.17, 15) is 13.6 Å². The summed E-state index contributed by atoms with van der Waals surface area (Å²) in [5.41, 5.74) is 4.27. The largest absolute Gasteiger partial charge is 0.304 e. The molecule has 3 aromatic rings. The minimum Gasteiger partial charge on any atom is -0.304 e. The molecule has 1 unspecified atom stereocenters. The van der Waals surface area contributed by atoms with Crippen molar-refractivity contribution in [2.24, 2.45) is 10.9 Å². The Balaban J connectivity index is 1.82. The highest BCUT2D eigenvalue weighted by Crippen LogP contribution is 2.36. The molecule has 1 amide bonds. The van der Waals surface area contributed by atoms with Crippen molar-refractivity contribution in [3.8, 4) is 0 Å². The fourth-order valence-corrected chi connectivity index (χ4v) is 4.12. The van der Waals surface area contributed by atoms with Crippen LogP contribution in [0.1, 0.15) is 48.7 Å². The van der Waals surface area contributed by atoms with Gasteiger partial charge in [-0.3, -0.25) is 9.79 Å². The molecular formula is C27H26F2N2O. The lowest BCUT2D eigenvalue weighted by Gasteiger charge is -2.40. The number of halogens is 2. The molecule has 164 valence electrons. The first kappa shape index (κ1) is 21.9. The van der Waals surface area contributed by atoms with E-state index in [0.29, 0.717) is 34.6 Å². The SMILES string of the molecule is CCc1ccc(C(=O)N2c3ccc(F)cc3C(=Nc3ccc(F)cc3)CC2C(C)C)cc1. The number of hydrogen-bond donors (Lipinski definition) is 0. The number of benzene rings is 3. The van der Waals surface area contributed by atoms with E-state index in [0.717, 1.165) is 12.0 Å². The monoisotopic (exact) mass is 432 g/mol. The van der Waals surface area contributed by atoms with Gasteiger partial charge in [-0.2, -0.15) is 0 Å². The number of nitrogens with zero attached hydrogens (tertiary/aromatic N) is 2. The van der Waals surface area contributed by atoms with Crippen molar-refractivity contribution in [1.29, 1.82) is 0 Å². The molecule has 0 spiro atoms. The molecule has 0 fully saturated rings. The average molecular weight is 433 g/mol. The number of hydrogen-bond acceptors (Lipinski definition) is 2. The smallest absolute Gasteiger partial charge is 0.258 e. The topological polar surface area (TPSA) is 32.7 Å². The van der Waals surface area contributed by atoms with Gasteiger partial charge in [-0.05, 0) is 72.5 Å². The zero-order valence-corrected chi connectivity index (χ0v) is 18.5. The highest BCUT2D eigenvalue weighted by atomic mass is 19.1. The Hall–Kier alpha value is -3.34. The van der Waals surface area contributed by atoms with Crippen LogP contribution in [-0.2, 0) is 6.42 Å². The summed E-state index contributed by atoms with van der Waals surface area (Å²) in [4.78, 5) is 20.1. The van der Waals surface area contributed by atoms with Crippen LogP contribution in [-0.4, -0.2) is 17.7 Å². The molecule has 3 aromatic carbocycles. The Morgan fingerprint density at radius 3 is 2.28 bits per heavy atom. The van der Waals surface area contributed by atoms with Crippen molar-refractivity contribution in [2.75, 3.05) is 4.90 Å². The number of carbonyl (C=O) groups is 1. The normalized spacial score (nSPS) is 17.0. The van der Waals surface area contributed by atoms with E-state index in [-0.39, 0.29) is 23.7 Å². The van der Waals surface area contributed by atoms with Gasteiger partial charge in [0.1, 0.15) is 11.6 Å². The molecule has 4 rings (SSSR count). The van der Waals surface area contributed by atoms with Crippen LogP contribution in [0.4, 0.5) is 20.2 Å². The summed E-state index contributed by atoms with van der Waals surface area (Å²) in [6.07, 6.45) is 1.38. The second kappa shape index (κ2) is 9.03. The molecule has 1 atom stereocenters. The van der Waals surface area contributed by atoms with Crippen molar-refractivity contribution in [3.05, 3.63) is 95.1 Å². The molecule has 32 heavy (non-hydrogen) atoms. The fourth-order valence-electron chi connectivity index (χ4n) is 4.12. The molecule has 0 aromatic heterocycles. The minimum atomic E-state index is -0.391. The maximum atomic E-state index is 14.2. The second-order valence-corrected chi connectivity index (χ2v) is 8.44. The summed E-state index contributed by atoms with van der Waals surface area (Å²) in [7, 11) is 0. The van der Waals surface area contributed by atoms with Gasteiger partial charge in [0.05, 0.1) is 17.1 Å². The van der Waals surface area contributed by atoms with E-state index in [1.165, 1.54) is 24.3 Å². The first-order valence-electron chi connectivity index (χ1n) is 10.9. The highest BCUT2D eigenvalue weighted by Gasteiger charge is 2.36. The van der Waals surface area contributed by atoms with Crippen LogP contribution in [0.3, 0.4) is 0 Å². The summed E-state index contributed by atoms with van der Waals surface area (Å²) in [5.74, 6) is -0.696. The van der Waals surface area contributed by atoms with Gasteiger partial charge in [-0.15, -0.1) is 0 Å². The van der Waals surface area contributed by atoms with Crippen LogP contribution in [0, 0.1) is 17.6 Å². The summed E-state index contributed by atoms with van der Waals surface area (Å²) < 4.78 is 27.6. The van der Waals surface area contributed by atoms with E-state index >= 15 is 0 Å². The number of fused-ring (bicyclic) bond motifs is 1. The fraction of sp³-hybridized carbons (Fsp3) is 0.259. The molecule has 0 aliphatic carbocycles. The molecule has 1 heterocycles. The lowest BCUT2D eigenvalue weighted by molar-refractivity contribution is 0.0969. The summed E-state index contributed by atoms with van der Waals surface area (Å²) in [6, 6.07) is 17.8. The molecule has 0 N–H and O–H groups in total. The Kier molecular flexibility index (Phi) is 6.17. The molecule has 1 aliphatic heterocycles. The van der Waals surface area contributed by atoms with Crippen molar-refractivity contribution in [3.63, 3.8) is 0 Å². The standard InChI is InChI=1S/C27H26F2N2O/c1-4-18-5-7-19(8-6-18)27(32)31-25-14-11-21(29)15-23(25)24(16-26(31)17(2)3)30-22-12-9-20(28)10-13-22/h5-15,17,26H,4,16H2,1-3H3. The van der Waals surface area contributed by atoms with Crippen LogP contribution in [0.15, 0.2) is 71.7 Å². The number of amides is 1. The number of rotatable bonds is 4. The first-order chi connectivity index (χ1) is 15.4. The summed E-state index contributed by atoms with van der Waals surface area (Å²) in [6.45, 7) is 6.20. The maximum absolute atomic E-state index is 14.2. The molecule has 0 saturated carbocycles. The maximum Gasteiger partial charge on any atom is 0.258 e. The van der Waals surface area contributed by atoms with E-state index < -0.39 is 5.82 Å². The number of anilines is 1. The van der Waals surface area contributed by atoms with Gasteiger partial charge in [0.25, 0.3) is 5.91 Å². The predicted octanol–water partition coefficient (Wildman–Crippen LogP) is 6.72. The van der Waals surface area contributed by atoms with Crippen LogP contribution in [0.2, 0.25) is 0 Å². The van der Waals surface area contributed by atoms with Crippen LogP contribution >= 0.6 is 0 Å². The first-order valence-corrected chi connectivity index (χ1v) is 10.9. The van der Waals surface area contributed by atoms with Gasteiger partial charge in [-0.1, -0.05) is 32.9 Å². The number of aryl methyl sites for hydroxylation is 1. The third-order valence-electron chi connectivity index (χ3n) is 5.95. The molecule has 0 bridgehead atoms. The second-order valence-electron chi connectivity index (χ2n) is 8.44. The lowest BCUT2D eigenvalue weighted by atomic mass is 9.87. The molecule has 5 heteroatoms. The van der Waals surface area contributed by atoms with Crippen LogP contribution in [0.5, 0.6) is 0 Å². The Bertz CT molecular complexity index is 1150. The van der Waals surface area contributed by atoms with Crippen LogP contribution < -0.4 is 4.90 Å². The molecule has 0 saturated heterocycles. The van der Waals surface area contributed by atoms with Gasteiger partial charge >= 0.3 is 0 Å². The van der Waals surface area contributed by atoms with Gasteiger partial charge in [0.15, 0.2) is 0 Å². The molecule has 0 radical (unpaired) electrons. The van der Waals surface area contributed by atoms with Gasteiger partial charge in [-0.25, -0.2) is 8.78 Å². The van der Waals surface area contributed by atoms with E-state index in [1.807, 2.05) is 24.3 Å². The summed E-state index contributed by atoms with van der Waals surface area (Å²) in [5, 5.41) is 0. The third kappa shape index (κ3) is 4.33. The van der Waals surface area contributed by atoms with E-state index in [2.05, 4.69) is 20.8 Å². The predicted molar refractivity (Wildman–Crippen MR) is 125 cm³/mol. The Labute approximate surface area is 187 Å². The van der Waals surface area contributed by atoms with E-state index in [4.69, 9.17) is 4.99 Å². The lowest BCUT2D eigenvalue weighted by Crippen LogP contribution is -2.48. The van der Waals surface area contributed by atoms with Gasteiger partial charge in [0, 0.05) is 23.6 Å². The van der Waals surface area contributed by atoms with Gasteiger partial charge < -0.3 is 4.90 Å². The van der Waals surface area contributed by atoms with E-state index in [1.54, 1.807) is 23.1 Å². The zero-order chi connectivity index (χ0) is 22.8. The number of aliphatic imine (C=N–C) groups is 1. The quantitative estimate of drug-likeness (QED) is 0.450. The molecular weight excluding hydrogens is 406 g/mol. The molecule has 3 nitrogen and oxygen atoms in total. The highest BCUT2D eigenvalue weighted by molar-refractivity contribution is 6.16. The van der Waals surface area contributed by atoms with Crippen molar-refractivity contribution < 1.29 is 13.6 Å². The molecule has 1 aliphatic rings. The minimum absolute atomic E-state index is 0.111. The van der Waals surface area contributed by atoms with Crippen molar-refractivity contribution >= 4 is 23.0 Å². The Morgan fingerprint density at radius 2 is 1.66 bits per heavy atom. The van der Waals surface area contributed by atoms with Crippen molar-refractivity contribution in [1.82, 2.24) is 0 Å². The van der Waals surface area contributed by atoms with Gasteiger partial charge in [0.2, 0.25) is 0 Å². The Morgan fingerprint density at radius 1 is 1.00 bits per heavy atom. The summed E-state index contributed by atoms with van der Waals surface area (Å²) >= 11 is 0. The van der Waals surface area contributed by atoms with Crippen LogP contribution in [0.25, 0.3) is 0 Å². The third-order valence-corrected chi connectivity index (χ3v) is 5.95. The zero-order valence-electron chi connectivity index (χ0n) is 18.5. The average Bonchev–Trinajstić information content (AvgIpc) is 2.80. The number of carbonyl (C=O) groups excluding carboxylic acids is 1. The van der Waals surface area contributed by atoms with Crippen molar-refractivity contribution in [2.45, 2.75) is 39.7 Å².